The van der Waals surface area contributed by atoms with Gasteiger partial charge in [0.15, 0.2) is 0 Å². The van der Waals surface area contributed by atoms with E-state index in [0.29, 0.717) is 11.1 Å². The van der Waals surface area contributed by atoms with Crippen LogP contribution >= 0.6 is 0 Å². The second-order valence-electron chi connectivity index (χ2n) is 3.94. The molecule has 0 atom stereocenters. The van der Waals surface area contributed by atoms with Crippen molar-refractivity contribution >= 4 is 16.8 Å². The average Bonchev–Trinajstić information content (AvgIpc) is 2.83. The molecule has 4 nitrogen and oxygen atoms in total. The molecule has 0 aliphatic carbocycles. The van der Waals surface area contributed by atoms with E-state index in [1.165, 1.54) is 0 Å². The maximum atomic E-state index is 11.3. The highest BCUT2D eigenvalue weighted by molar-refractivity contribution is 6.04. The predicted octanol–water partition coefficient (Wildman–Crippen LogP) is 1.92. The number of rotatable bonds is 2. The van der Waals surface area contributed by atoms with Gasteiger partial charge in [-0.1, -0.05) is 24.3 Å². The molecule has 2 N–H and O–H groups in total. The van der Waals surface area contributed by atoms with Crippen LogP contribution in [-0.4, -0.2) is 15.7 Å². The third-order valence-electron chi connectivity index (χ3n) is 2.76. The van der Waals surface area contributed by atoms with Crippen LogP contribution in [0.1, 0.15) is 10.4 Å². The van der Waals surface area contributed by atoms with Gasteiger partial charge in [-0.05, 0) is 24.3 Å². The molecule has 0 aliphatic heterocycles. The van der Waals surface area contributed by atoms with Crippen molar-refractivity contribution in [1.82, 2.24) is 9.78 Å². The molecule has 1 heterocycles. The Balaban J connectivity index is 2.23. The molecule has 3 rings (SSSR count). The lowest BCUT2D eigenvalue weighted by atomic mass is 10.1. The molecule has 1 amide bonds. The summed E-state index contributed by atoms with van der Waals surface area (Å²) in [6, 6.07) is 15.8. The summed E-state index contributed by atoms with van der Waals surface area (Å²) in [5, 5.41) is 5.28. The molecule has 87 valence electrons. The number of aromatic nitrogens is 2. The van der Waals surface area contributed by atoms with Crippen molar-refractivity contribution in [3.63, 3.8) is 0 Å². The van der Waals surface area contributed by atoms with E-state index in [1.807, 2.05) is 36.5 Å². The van der Waals surface area contributed by atoms with Crippen LogP contribution in [0.3, 0.4) is 0 Å². The zero-order valence-electron chi connectivity index (χ0n) is 9.50. The lowest BCUT2D eigenvalue weighted by Crippen LogP contribution is -2.11. The van der Waals surface area contributed by atoms with Gasteiger partial charge >= 0.3 is 0 Å². The Labute approximate surface area is 104 Å². The lowest BCUT2D eigenvalue weighted by Gasteiger charge is -1.98. The van der Waals surface area contributed by atoms with E-state index in [1.54, 1.807) is 16.8 Å². The number of hydrogen-bond donors (Lipinski definition) is 1. The summed E-state index contributed by atoms with van der Waals surface area (Å²) in [7, 11) is 0. The van der Waals surface area contributed by atoms with Gasteiger partial charge in [0.1, 0.15) is 5.52 Å². The Morgan fingerprint density at radius 1 is 1.28 bits per heavy atom. The minimum Gasteiger partial charge on any atom is -0.366 e. The lowest BCUT2D eigenvalue weighted by molar-refractivity contribution is 0.100. The summed E-state index contributed by atoms with van der Waals surface area (Å²) in [6.45, 7) is 0. The van der Waals surface area contributed by atoms with Crippen molar-refractivity contribution in [2.75, 3.05) is 0 Å². The Morgan fingerprint density at radius 2 is 2.17 bits per heavy atom. The normalized spacial score (nSPS) is 10.7. The van der Waals surface area contributed by atoms with Crippen LogP contribution in [0.25, 0.3) is 16.6 Å². The number of benzene rings is 2. The van der Waals surface area contributed by atoms with Crippen molar-refractivity contribution in [3.8, 4) is 5.69 Å². The first-order chi connectivity index (χ1) is 8.75. The van der Waals surface area contributed by atoms with Crippen molar-refractivity contribution in [1.29, 1.82) is 0 Å². The molecular formula is C14H10N3O. The van der Waals surface area contributed by atoms with Crippen molar-refractivity contribution in [3.05, 3.63) is 60.3 Å². The zero-order chi connectivity index (χ0) is 12.5. The first-order valence-corrected chi connectivity index (χ1v) is 5.50. The molecule has 0 aliphatic rings. The van der Waals surface area contributed by atoms with E-state index in [9.17, 15) is 4.79 Å². The summed E-state index contributed by atoms with van der Waals surface area (Å²) in [6.07, 6.45) is 1.87. The second kappa shape index (κ2) is 4.00. The van der Waals surface area contributed by atoms with Crippen molar-refractivity contribution in [2.45, 2.75) is 0 Å². The summed E-state index contributed by atoms with van der Waals surface area (Å²) in [5.74, 6) is -0.467. The Hall–Kier alpha value is -2.62. The molecule has 1 radical (unpaired) electrons. The highest BCUT2D eigenvalue weighted by atomic mass is 16.1. The number of carbonyl (C=O) groups excluding carboxylic acids is 1. The van der Waals surface area contributed by atoms with E-state index in [4.69, 9.17) is 5.73 Å². The highest BCUT2D eigenvalue weighted by Gasteiger charge is 2.10. The van der Waals surface area contributed by atoms with Crippen LogP contribution in [0.15, 0.2) is 48.7 Å². The number of carbonyl (C=O) groups is 1. The average molecular weight is 236 g/mol. The number of nitrogens with zero attached hydrogens (tertiary/aromatic N) is 2. The molecule has 1 aromatic heterocycles. The molecular weight excluding hydrogens is 226 g/mol. The first kappa shape index (κ1) is 10.5. The van der Waals surface area contributed by atoms with Gasteiger partial charge in [-0.2, -0.15) is 5.10 Å². The minimum atomic E-state index is -0.467. The summed E-state index contributed by atoms with van der Waals surface area (Å²) in [5.41, 5.74) is 7.28. The summed E-state index contributed by atoms with van der Waals surface area (Å²) < 4.78 is 1.72. The van der Waals surface area contributed by atoms with Crippen LogP contribution in [0, 0.1) is 6.07 Å². The monoisotopic (exact) mass is 236 g/mol. The van der Waals surface area contributed by atoms with Crippen molar-refractivity contribution in [2.24, 2.45) is 5.73 Å². The van der Waals surface area contributed by atoms with Gasteiger partial charge in [0.05, 0.1) is 11.3 Å². The Morgan fingerprint density at radius 3 is 2.89 bits per heavy atom. The quantitative estimate of drug-likeness (QED) is 0.739. The fourth-order valence-electron chi connectivity index (χ4n) is 1.90. The van der Waals surface area contributed by atoms with E-state index >= 15 is 0 Å². The van der Waals surface area contributed by atoms with E-state index in [0.717, 1.165) is 11.1 Å². The van der Waals surface area contributed by atoms with Crippen LogP contribution in [-0.2, 0) is 0 Å². The molecule has 0 unspecified atom stereocenters. The largest absolute Gasteiger partial charge is 0.366 e. The van der Waals surface area contributed by atoms with Gasteiger partial charge in [0.25, 0.3) is 5.91 Å². The maximum absolute atomic E-state index is 11.3. The van der Waals surface area contributed by atoms with Gasteiger partial charge in [0, 0.05) is 11.6 Å². The molecule has 2 aromatic carbocycles. The Bertz CT molecular complexity index is 716. The number of amides is 1. The number of hydrogen-bond acceptors (Lipinski definition) is 2. The summed E-state index contributed by atoms with van der Waals surface area (Å²) >= 11 is 0. The molecule has 0 saturated heterocycles. The predicted molar refractivity (Wildman–Crippen MR) is 68.4 cm³/mol. The zero-order valence-corrected chi connectivity index (χ0v) is 9.50. The molecule has 0 spiro atoms. The van der Waals surface area contributed by atoms with Crippen LogP contribution < -0.4 is 5.73 Å². The van der Waals surface area contributed by atoms with E-state index in [-0.39, 0.29) is 0 Å². The van der Waals surface area contributed by atoms with Gasteiger partial charge < -0.3 is 5.73 Å². The topological polar surface area (TPSA) is 60.9 Å². The molecule has 4 heteroatoms. The molecule has 0 fully saturated rings. The SMILES string of the molecule is NC(=O)c1cccc2cn(-c3c[c]ccc3)nc12. The van der Waals surface area contributed by atoms with Crippen LogP contribution in [0.2, 0.25) is 0 Å². The van der Waals surface area contributed by atoms with Gasteiger partial charge in [-0.25, -0.2) is 4.68 Å². The third-order valence-corrected chi connectivity index (χ3v) is 2.76. The van der Waals surface area contributed by atoms with E-state index in [2.05, 4.69) is 11.2 Å². The fraction of sp³-hybridized carbons (Fsp3) is 0. The third kappa shape index (κ3) is 1.64. The Kier molecular flexibility index (Phi) is 2.34. The number of nitrogens with two attached hydrogens (primary N) is 1. The van der Waals surface area contributed by atoms with Gasteiger partial charge in [-0.15, -0.1) is 0 Å². The van der Waals surface area contributed by atoms with Gasteiger partial charge in [0.2, 0.25) is 0 Å². The van der Waals surface area contributed by atoms with Crippen LogP contribution in [0.5, 0.6) is 0 Å². The fourth-order valence-corrected chi connectivity index (χ4v) is 1.90. The minimum absolute atomic E-state index is 0.436. The van der Waals surface area contributed by atoms with Crippen molar-refractivity contribution < 1.29 is 4.79 Å². The van der Waals surface area contributed by atoms with Crippen LogP contribution in [0.4, 0.5) is 0 Å². The second-order valence-corrected chi connectivity index (χ2v) is 3.94. The number of fused-ring (bicyclic) bond motifs is 1. The first-order valence-electron chi connectivity index (χ1n) is 5.50. The molecule has 0 saturated carbocycles. The highest BCUT2D eigenvalue weighted by Crippen LogP contribution is 2.18. The summed E-state index contributed by atoms with van der Waals surface area (Å²) in [4.78, 5) is 11.3. The molecule has 0 bridgehead atoms. The molecule has 18 heavy (non-hydrogen) atoms. The van der Waals surface area contributed by atoms with E-state index < -0.39 is 5.91 Å². The molecule has 3 aromatic rings. The smallest absolute Gasteiger partial charge is 0.250 e. The number of primary amides is 1. The van der Waals surface area contributed by atoms with Gasteiger partial charge in [-0.3, -0.25) is 4.79 Å². The maximum Gasteiger partial charge on any atom is 0.250 e. The standard InChI is InChI=1S/C14H10N3O/c15-14(18)12-8-4-5-10-9-17(16-13(10)12)11-6-2-1-3-7-11/h1-2,4-9H,(H2,15,18).